The molecule has 0 spiro atoms. The van der Waals surface area contributed by atoms with E-state index in [4.69, 9.17) is 4.74 Å². The van der Waals surface area contributed by atoms with Crippen LogP contribution in [-0.2, 0) is 4.74 Å². The first-order chi connectivity index (χ1) is 6.79. The van der Waals surface area contributed by atoms with Crippen molar-refractivity contribution in [2.75, 3.05) is 26.2 Å². The average molecular weight is 199 g/mol. The summed E-state index contributed by atoms with van der Waals surface area (Å²) in [5, 5.41) is 0. The third-order valence-corrected chi connectivity index (χ3v) is 2.77. The molecule has 14 heavy (non-hydrogen) atoms. The Balaban J connectivity index is 1.87. The van der Waals surface area contributed by atoms with Crippen LogP contribution < -0.4 is 0 Å². The molecule has 1 aliphatic rings. The van der Waals surface area contributed by atoms with Gasteiger partial charge in [-0.15, -0.1) is 0 Å². The van der Waals surface area contributed by atoms with Gasteiger partial charge in [-0.25, -0.2) is 0 Å². The lowest BCUT2D eigenvalue weighted by molar-refractivity contribution is 0.0737. The highest BCUT2D eigenvalue weighted by molar-refractivity contribution is 4.64. The van der Waals surface area contributed by atoms with E-state index in [1.807, 2.05) is 0 Å². The Bertz CT molecular complexity index is 130. The van der Waals surface area contributed by atoms with Gasteiger partial charge in [-0.2, -0.15) is 0 Å². The minimum Gasteiger partial charge on any atom is -0.379 e. The number of hydrogen-bond donors (Lipinski definition) is 0. The zero-order chi connectivity index (χ0) is 10.2. The van der Waals surface area contributed by atoms with Gasteiger partial charge in [-0.1, -0.05) is 6.42 Å². The number of unbranched alkanes of at least 4 members (excludes halogenated alkanes) is 1. The number of nitrogens with zero attached hydrogens (tertiary/aromatic N) is 1. The zero-order valence-electron chi connectivity index (χ0n) is 9.80. The lowest BCUT2D eigenvalue weighted by Crippen LogP contribution is -2.30. The normalized spacial score (nSPS) is 19.1. The van der Waals surface area contributed by atoms with Crippen LogP contribution in [0.1, 0.15) is 46.0 Å². The van der Waals surface area contributed by atoms with Crippen LogP contribution in [-0.4, -0.2) is 37.2 Å². The van der Waals surface area contributed by atoms with Crippen LogP contribution in [0.5, 0.6) is 0 Å². The minimum atomic E-state index is 0.394. The van der Waals surface area contributed by atoms with Gasteiger partial charge in [0.1, 0.15) is 0 Å². The Hall–Kier alpha value is -0.0800. The van der Waals surface area contributed by atoms with Gasteiger partial charge in [0.05, 0.1) is 6.10 Å². The molecule has 0 N–H and O–H groups in total. The summed E-state index contributed by atoms with van der Waals surface area (Å²) >= 11 is 0. The van der Waals surface area contributed by atoms with Gasteiger partial charge in [-0.3, -0.25) is 0 Å². The molecule has 0 aromatic heterocycles. The van der Waals surface area contributed by atoms with E-state index in [0.29, 0.717) is 6.10 Å². The fraction of sp³-hybridized carbons (Fsp3) is 1.00. The molecular weight excluding hydrogens is 174 g/mol. The molecule has 1 fully saturated rings. The quantitative estimate of drug-likeness (QED) is 0.610. The van der Waals surface area contributed by atoms with Crippen molar-refractivity contribution >= 4 is 0 Å². The Morgan fingerprint density at radius 1 is 1.07 bits per heavy atom. The Morgan fingerprint density at radius 2 is 1.79 bits per heavy atom. The van der Waals surface area contributed by atoms with E-state index in [-0.39, 0.29) is 0 Å². The van der Waals surface area contributed by atoms with Crippen molar-refractivity contribution in [2.24, 2.45) is 0 Å². The smallest absolute Gasteiger partial charge is 0.0518 e. The molecule has 1 heterocycles. The summed E-state index contributed by atoms with van der Waals surface area (Å²) in [6.07, 6.45) is 7.16. The van der Waals surface area contributed by atoms with Gasteiger partial charge >= 0.3 is 0 Å². The van der Waals surface area contributed by atoms with Crippen molar-refractivity contribution in [1.29, 1.82) is 0 Å². The van der Waals surface area contributed by atoms with E-state index in [1.54, 1.807) is 0 Å². The van der Waals surface area contributed by atoms with Crippen LogP contribution in [0.15, 0.2) is 0 Å². The molecular formula is C12H25NO. The van der Waals surface area contributed by atoms with Crippen molar-refractivity contribution in [3.8, 4) is 0 Å². The third-order valence-electron chi connectivity index (χ3n) is 2.77. The van der Waals surface area contributed by atoms with Gasteiger partial charge in [-0.05, 0) is 59.2 Å². The first-order valence-corrected chi connectivity index (χ1v) is 6.13. The predicted octanol–water partition coefficient (Wildman–Crippen LogP) is 2.68. The molecule has 0 bridgehead atoms. The maximum atomic E-state index is 5.51. The first-order valence-electron chi connectivity index (χ1n) is 6.13. The summed E-state index contributed by atoms with van der Waals surface area (Å²) in [5.41, 5.74) is 0. The molecule has 0 unspecified atom stereocenters. The lowest BCUT2D eigenvalue weighted by Gasteiger charge is -2.26. The predicted molar refractivity (Wildman–Crippen MR) is 60.6 cm³/mol. The van der Waals surface area contributed by atoms with E-state index in [1.165, 1.54) is 51.7 Å². The molecule has 1 aliphatic heterocycles. The fourth-order valence-electron chi connectivity index (χ4n) is 1.94. The van der Waals surface area contributed by atoms with Crippen LogP contribution in [0.3, 0.4) is 0 Å². The molecule has 84 valence electrons. The van der Waals surface area contributed by atoms with Crippen molar-refractivity contribution in [3.63, 3.8) is 0 Å². The molecule has 0 aromatic rings. The van der Waals surface area contributed by atoms with E-state index in [0.717, 1.165) is 6.61 Å². The second-order valence-corrected chi connectivity index (χ2v) is 4.53. The van der Waals surface area contributed by atoms with E-state index >= 15 is 0 Å². The van der Waals surface area contributed by atoms with Crippen LogP contribution in [0.2, 0.25) is 0 Å². The Morgan fingerprint density at radius 3 is 2.43 bits per heavy atom. The molecule has 2 nitrogen and oxygen atoms in total. The number of ether oxygens (including phenoxy) is 1. The first kappa shape index (κ1) is 12.0. The van der Waals surface area contributed by atoms with Crippen LogP contribution in [0, 0.1) is 0 Å². The highest BCUT2D eigenvalue weighted by Gasteiger charge is 2.08. The summed E-state index contributed by atoms with van der Waals surface area (Å²) in [4.78, 5) is 2.60. The third kappa shape index (κ3) is 5.61. The Labute approximate surface area is 88.6 Å². The van der Waals surface area contributed by atoms with E-state index in [2.05, 4.69) is 18.7 Å². The van der Waals surface area contributed by atoms with Crippen molar-refractivity contribution in [2.45, 2.75) is 52.1 Å². The molecule has 0 radical (unpaired) electrons. The minimum absolute atomic E-state index is 0.394. The van der Waals surface area contributed by atoms with E-state index < -0.39 is 0 Å². The monoisotopic (exact) mass is 199 g/mol. The lowest BCUT2D eigenvalue weighted by atomic mass is 10.1. The standard InChI is InChI=1S/C12H25NO/c1-12(2)14-11-7-6-10-13-8-4-3-5-9-13/h12H,3-11H2,1-2H3. The summed E-state index contributed by atoms with van der Waals surface area (Å²) in [6.45, 7) is 9.07. The molecule has 0 atom stereocenters. The molecule has 1 saturated heterocycles. The molecule has 0 aromatic carbocycles. The van der Waals surface area contributed by atoms with Gasteiger partial charge < -0.3 is 9.64 Å². The van der Waals surface area contributed by atoms with Gasteiger partial charge in [0, 0.05) is 6.61 Å². The Kier molecular flexibility index (Phi) is 6.20. The topological polar surface area (TPSA) is 12.5 Å². The summed E-state index contributed by atoms with van der Waals surface area (Å²) < 4.78 is 5.51. The number of likely N-dealkylation sites (tertiary alicyclic amines) is 1. The second kappa shape index (κ2) is 7.24. The van der Waals surface area contributed by atoms with Crippen LogP contribution in [0.4, 0.5) is 0 Å². The SMILES string of the molecule is CC(C)OCCCCN1CCCCC1. The van der Waals surface area contributed by atoms with Gasteiger partial charge in [0.2, 0.25) is 0 Å². The molecule has 1 rings (SSSR count). The molecule has 0 saturated carbocycles. The van der Waals surface area contributed by atoms with Crippen molar-refractivity contribution in [3.05, 3.63) is 0 Å². The fourth-order valence-corrected chi connectivity index (χ4v) is 1.94. The van der Waals surface area contributed by atoms with Gasteiger partial charge in [0.25, 0.3) is 0 Å². The zero-order valence-corrected chi connectivity index (χ0v) is 9.80. The second-order valence-electron chi connectivity index (χ2n) is 4.53. The summed E-state index contributed by atoms with van der Waals surface area (Å²) in [7, 11) is 0. The van der Waals surface area contributed by atoms with Gasteiger partial charge in [0.15, 0.2) is 0 Å². The highest BCUT2D eigenvalue weighted by atomic mass is 16.5. The van der Waals surface area contributed by atoms with Crippen LogP contribution in [0.25, 0.3) is 0 Å². The summed E-state index contributed by atoms with van der Waals surface area (Å²) in [5.74, 6) is 0. The van der Waals surface area contributed by atoms with Crippen LogP contribution >= 0.6 is 0 Å². The number of hydrogen-bond acceptors (Lipinski definition) is 2. The van der Waals surface area contributed by atoms with E-state index in [9.17, 15) is 0 Å². The molecule has 0 amide bonds. The largest absolute Gasteiger partial charge is 0.379 e. The average Bonchev–Trinajstić information content (AvgIpc) is 2.18. The summed E-state index contributed by atoms with van der Waals surface area (Å²) in [6, 6.07) is 0. The van der Waals surface area contributed by atoms with Crippen molar-refractivity contribution < 1.29 is 4.74 Å². The molecule has 0 aliphatic carbocycles. The number of piperidine rings is 1. The molecule has 2 heteroatoms. The highest BCUT2D eigenvalue weighted by Crippen LogP contribution is 2.09. The number of rotatable bonds is 6. The maximum Gasteiger partial charge on any atom is 0.0518 e. The van der Waals surface area contributed by atoms with Crippen molar-refractivity contribution in [1.82, 2.24) is 4.90 Å². The maximum absolute atomic E-state index is 5.51.